The predicted octanol–water partition coefficient (Wildman–Crippen LogP) is 5.60. The summed E-state index contributed by atoms with van der Waals surface area (Å²) in [4.78, 5) is 12.6. The van der Waals surface area contributed by atoms with Crippen LogP contribution in [0.5, 0.6) is 11.5 Å². The Kier molecular flexibility index (Phi) is 5.65. The smallest absolute Gasteiger partial charge is 0.311 e. The Balaban J connectivity index is 1.71. The average Bonchev–Trinajstić information content (AvgIpc) is 3.25. The van der Waals surface area contributed by atoms with E-state index in [0.29, 0.717) is 17.1 Å². The fraction of sp³-hybridized carbons (Fsp3) is 0.250. The van der Waals surface area contributed by atoms with E-state index in [-0.39, 0.29) is 23.2 Å². The summed E-state index contributed by atoms with van der Waals surface area (Å²) in [6.45, 7) is 7.70. The number of carbonyl (C=O) groups is 1. The minimum Gasteiger partial charge on any atom is -0.457 e. The minimum atomic E-state index is -0.979. The number of rotatable bonds is 7. The molecule has 4 nitrogen and oxygen atoms in total. The second-order valence-corrected chi connectivity index (χ2v) is 7.38. The first-order valence-corrected chi connectivity index (χ1v) is 9.19. The van der Waals surface area contributed by atoms with Gasteiger partial charge in [0.2, 0.25) is 6.10 Å². The first-order valence-electron chi connectivity index (χ1n) is 9.19. The molecule has 0 aliphatic heterocycles. The predicted molar refractivity (Wildman–Crippen MR) is 108 cm³/mol. The molecule has 1 saturated carbocycles. The van der Waals surface area contributed by atoms with Gasteiger partial charge in [-0.25, -0.2) is 0 Å². The molecule has 3 rings (SSSR count). The third-order valence-electron chi connectivity index (χ3n) is 5.11. The Bertz CT molecular complexity index is 924. The van der Waals surface area contributed by atoms with Gasteiger partial charge in [-0.05, 0) is 35.6 Å². The van der Waals surface area contributed by atoms with E-state index in [1.807, 2.05) is 56.3 Å². The van der Waals surface area contributed by atoms with Crippen molar-refractivity contribution >= 4 is 5.97 Å². The molecule has 28 heavy (non-hydrogen) atoms. The zero-order valence-electron chi connectivity index (χ0n) is 16.0. The van der Waals surface area contributed by atoms with Gasteiger partial charge in [-0.1, -0.05) is 69.0 Å². The van der Waals surface area contributed by atoms with E-state index >= 15 is 0 Å². The van der Waals surface area contributed by atoms with Crippen LogP contribution in [-0.2, 0) is 9.53 Å². The van der Waals surface area contributed by atoms with Crippen molar-refractivity contribution in [2.45, 2.75) is 20.0 Å². The number of carbonyl (C=O) groups excluding carboxylic acids is 1. The Morgan fingerprint density at radius 2 is 1.89 bits per heavy atom. The second-order valence-electron chi connectivity index (χ2n) is 7.38. The van der Waals surface area contributed by atoms with Gasteiger partial charge in [0.25, 0.3) is 0 Å². The molecule has 1 fully saturated rings. The lowest BCUT2D eigenvalue weighted by Gasteiger charge is -2.13. The summed E-state index contributed by atoms with van der Waals surface area (Å²) < 4.78 is 11.3. The largest absolute Gasteiger partial charge is 0.457 e. The van der Waals surface area contributed by atoms with E-state index in [4.69, 9.17) is 9.47 Å². The fourth-order valence-electron chi connectivity index (χ4n) is 3.41. The Morgan fingerprint density at radius 1 is 1.18 bits per heavy atom. The maximum Gasteiger partial charge on any atom is 0.311 e. The number of hydrogen-bond acceptors (Lipinski definition) is 4. The van der Waals surface area contributed by atoms with Gasteiger partial charge in [-0.2, -0.15) is 5.26 Å². The van der Waals surface area contributed by atoms with Crippen molar-refractivity contribution in [2.75, 3.05) is 0 Å². The van der Waals surface area contributed by atoms with Gasteiger partial charge >= 0.3 is 5.97 Å². The van der Waals surface area contributed by atoms with Gasteiger partial charge in [0.1, 0.15) is 17.6 Å². The number of hydrogen-bond donors (Lipinski definition) is 0. The zero-order valence-corrected chi connectivity index (χ0v) is 16.0. The fourth-order valence-corrected chi connectivity index (χ4v) is 3.41. The lowest BCUT2D eigenvalue weighted by atomic mass is 10.1. The molecule has 3 unspecified atom stereocenters. The summed E-state index contributed by atoms with van der Waals surface area (Å²) in [5.74, 6) is 0.748. The number of benzene rings is 2. The molecule has 4 heteroatoms. The minimum absolute atomic E-state index is 0.0880. The van der Waals surface area contributed by atoms with Crippen LogP contribution in [0, 0.1) is 28.6 Å². The van der Waals surface area contributed by atoms with Crippen molar-refractivity contribution in [1.29, 1.82) is 5.26 Å². The van der Waals surface area contributed by atoms with Crippen molar-refractivity contribution in [2.24, 2.45) is 17.3 Å². The molecule has 142 valence electrons. The number of nitriles is 1. The van der Waals surface area contributed by atoms with Crippen LogP contribution >= 0.6 is 0 Å². The highest BCUT2D eigenvalue weighted by Crippen LogP contribution is 2.59. The molecule has 0 radical (unpaired) electrons. The quantitative estimate of drug-likeness (QED) is 0.468. The van der Waals surface area contributed by atoms with Crippen molar-refractivity contribution in [3.8, 4) is 17.6 Å². The highest BCUT2D eigenvalue weighted by Gasteiger charge is 2.61. The van der Waals surface area contributed by atoms with E-state index in [1.54, 1.807) is 30.3 Å². The van der Waals surface area contributed by atoms with Crippen LogP contribution in [0.4, 0.5) is 0 Å². The van der Waals surface area contributed by atoms with Gasteiger partial charge in [0.05, 0.1) is 5.92 Å². The van der Waals surface area contributed by atoms with Crippen LogP contribution in [0.25, 0.3) is 0 Å². The van der Waals surface area contributed by atoms with Crippen LogP contribution in [0.2, 0.25) is 0 Å². The third kappa shape index (κ3) is 4.15. The van der Waals surface area contributed by atoms with Crippen LogP contribution in [0.15, 0.2) is 79.4 Å². The molecule has 0 heterocycles. The van der Waals surface area contributed by atoms with Gasteiger partial charge in [0, 0.05) is 5.56 Å². The maximum atomic E-state index is 12.6. The molecule has 3 atom stereocenters. The van der Waals surface area contributed by atoms with Crippen molar-refractivity contribution < 1.29 is 14.3 Å². The normalized spacial score (nSPS) is 20.8. The topological polar surface area (TPSA) is 59.3 Å². The van der Waals surface area contributed by atoms with Crippen LogP contribution < -0.4 is 4.74 Å². The maximum absolute atomic E-state index is 12.6. The molecule has 0 spiro atoms. The number of nitrogens with zero attached hydrogens (tertiary/aromatic N) is 1. The van der Waals surface area contributed by atoms with Crippen molar-refractivity contribution in [1.82, 2.24) is 0 Å². The van der Waals surface area contributed by atoms with Gasteiger partial charge in [-0.15, -0.1) is 0 Å². The van der Waals surface area contributed by atoms with Crippen LogP contribution in [0.3, 0.4) is 0 Å². The number of allylic oxidation sites excluding steroid dienone is 3. The first kappa shape index (κ1) is 19.4. The highest BCUT2D eigenvalue weighted by molar-refractivity contribution is 5.78. The lowest BCUT2D eigenvalue weighted by Crippen LogP contribution is -2.14. The molecule has 0 N–H and O–H groups in total. The molecule has 1 aliphatic rings. The lowest BCUT2D eigenvalue weighted by molar-refractivity contribution is -0.149. The summed E-state index contributed by atoms with van der Waals surface area (Å²) in [6.07, 6.45) is 4.51. The van der Waals surface area contributed by atoms with Crippen molar-refractivity contribution in [3.05, 3.63) is 85.0 Å². The number of para-hydroxylation sites is 1. The summed E-state index contributed by atoms with van der Waals surface area (Å²) in [6, 6.07) is 18.5. The Labute approximate surface area is 165 Å². The summed E-state index contributed by atoms with van der Waals surface area (Å²) >= 11 is 0. The molecule has 2 aromatic carbocycles. The summed E-state index contributed by atoms with van der Waals surface area (Å²) in [5.41, 5.74) is 0.399. The van der Waals surface area contributed by atoms with E-state index in [1.165, 1.54) is 0 Å². The van der Waals surface area contributed by atoms with Crippen molar-refractivity contribution in [3.63, 3.8) is 0 Å². The summed E-state index contributed by atoms with van der Waals surface area (Å²) in [5, 5.41) is 9.55. The molecular weight excluding hydrogens is 350 g/mol. The Morgan fingerprint density at radius 3 is 2.57 bits per heavy atom. The Hall–Kier alpha value is -3.32. The first-order chi connectivity index (χ1) is 13.5. The highest BCUT2D eigenvalue weighted by atomic mass is 16.5. The monoisotopic (exact) mass is 373 g/mol. The molecular formula is C24H23NO3. The average molecular weight is 373 g/mol. The molecule has 1 aliphatic carbocycles. The number of ether oxygens (including phenoxy) is 2. The molecule has 0 aromatic heterocycles. The van der Waals surface area contributed by atoms with Gasteiger partial charge in [-0.3, -0.25) is 4.79 Å². The second kappa shape index (κ2) is 8.14. The van der Waals surface area contributed by atoms with E-state index in [2.05, 4.69) is 12.6 Å². The molecule has 0 amide bonds. The van der Waals surface area contributed by atoms with Crippen LogP contribution in [0.1, 0.15) is 25.5 Å². The van der Waals surface area contributed by atoms with E-state index in [0.717, 1.165) is 0 Å². The summed E-state index contributed by atoms with van der Waals surface area (Å²) in [7, 11) is 0. The number of esters is 1. The molecule has 0 bridgehead atoms. The van der Waals surface area contributed by atoms with Gasteiger partial charge in [0.15, 0.2) is 0 Å². The standard InChI is InChI=1S/C24H23NO3/c1-4-5-14-20-22(24(20,2)3)23(26)28-21(16-25)17-10-9-13-19(15-17)27-18-11-7-6-8-12-18/h4-15,20-22H,1H2,2-3H3. The zero-order chi connectivity index (χ0) is 20.1. The SMILES string of the molecule is C=CC=CC1C(C(=O)OC(C#N)c2cccc(Oc3ccccc3)c2)C1(C)C. The van der Waals surface area contributed by atoms with Gasteiger partial charge < -0.3 is 9.47 Å². The van der Waals surface area contributed by atoms with E-state index < -0.39 is 6.10 Å². The van der Waals surface area contributed by atoms with Crippen LogP contribution in [-0.4, -0.2) is 5.97 Å². The third-order valence-corrected chi connectivity index (χ3v) is 5.11. The van der Waals surface area contributed by atoms with E-state index in [9.17, 15) is 10.1 Å². The molecule has 0 saturated heterocycles. The molecule has 2 aromatic rings.